The van der Waals surface area contributed by atoms with E-state index < -0.39 is 0 Å². The van der Waals surface area contributed by atoms with Crippen molar-refractivity contribution < 1.29 is 4.74 Å². The predicted octanol–water partition coefficient (Wildman–Crippen LogP) is 8.78. The van der Waals surface area contributed by atoms with Crippen LogP contribution in [0.5, 0.6) is 5.75 Å². The lowest BCUT2D eigenvalue weighted by Gasteiger charge is -2.32. The van der Waals surface area contributed by atoms with Crippen LogP contribution >= 0.6 is 0 Å². The maximum atomic E-state index is 6.32. The molecule has 196 valence electrons. The van der Waals surface area contributed by atoms with Crippen LogP contribution in [-0.2, 0) is 0 Å². The number of ether oxygens (including phenoxy) is 1. The molecule has 2 aliphatic rings. The van der Waals surface area contributed by atoms with Crippen molar-refractivity contribution in [2.24, 2.45) is 9.98 Å². The quantitative estimate of drug-likeness (QED) is 0.232. The number of hydrogen-bond donors (Lipinski definition) is 1. The summed E-state index contributed by atoms with van der Waals surface area (Å²) in [6, 6.07) is 45.5. The van der Waals surface area contributed by atoms with Gasteiger partial charge in [-0.05, 0) is 45.0 Å². The topological polar surface area (TPSA) is 60.1 Å². The molecule has 0 spiro atoms. The van der Waals surface area contributed by atoms with Crippen LogP contribution in [-0.4, -0.2) is 11.7 Å². The molecule has 0 fully saturated rings. The summed E-state index contributed by atoms with van der Waals surface area (Å²) in [6.45, 7) is 0. The highest BCUT2D eigenvalue weighted by Gasteiger charge is 2.26. The van der Waals surface area contributed by atoms with E-state index in [1.165, 1.54) is 0 Å². The van der Waals surface area contributed by atoms with Crippen LogP contribution < -0.4 is 10.1 Å². The third-order valence-corrected chi connectivity index (χ3v) is 7.67. The van der Waals surface area contributed by atoms with Gasteiger partial charge in [-0.15, -0.1) is 0 Å². The molecule has 6 aromatic rings. The SMILES string of the molecule is c1ccc(C2=NC(c3ccccc3)[N-]C(c3ccc4c(ccc5ccc6c(c54)NC(c4ccccc4)O6)c3)=N2)cc1. The first kappa shape index (κ1) is 23.5. The lowest BCUT2D eigenvalue weighted by molar-refractivity contribution is 0.260. The zero-order chi connectivity index (χ0) is 27.2. The molecule has 5 heteroatoms. The smallest absolute Gasteiger partial charge is 0.196 e. The molecular formula is C36H25N4O-. The molecule has 0 radical (unpaired) electrons. The number of nitrogens with zero attached hydrogens (tertiary/aromatic N) is 3. The third-order valence-electron chi connectivity index (χ3n) is 7.67. The molecule has 2 heterocycles. The number of hydrogen-bond acceptors (Lipinski definition) is 4. The fourth-order valence-electron chi connectivity index (χ4n) is 5.64. The highest BCUT2D eigenvalue weighted by molar-refractivity contribution is 6.21. The van der Waals surface area contributed by atoms with Crippen LogP contribution in [0.25, 0.3) is 26.9 Å². The van der Waals surface area contributed by atoms with Crippen molar-refractivity contribution in [1.29, 1.82) is 0 Å². The fraction of sp³-hybridized carbons (Fsp3) is 0.0556. The van der Waals surface area contributed by atoms with Crippen molar-refractivity contribution in [2.75, 3.05) is 5.32 Å². The van der Waals surface area contributed by atoms with Crippen LogP contribution in [0.1, 0.15) is 34.6 Å². The third kappa shape index (κ3) is 4.19. The monoisotopic (exact) mass is 529 g/mol. The van der Waals surface area contributed by atoms with E-state index in [9.17, 15) is 0 Å². The number of anilines is 1. The molecule has 0 aliphatic carbocycles. The lowest BCUT2D eigenvalue weighted by atomic mass is 9.98. The highest BCUT2D eigenvalue weighted by Crippen LogP contribution is 2.45. The minimum atomic E-state index is -0.356. The number of rotatable bonds is 4. The molecule has 2 atom stereocenters. The first-order chi connectivity index (χ1) is 20.3. The minimum absolute atomic E-state index is 0.215. The van der Waals surface area contributed by atoms with E-state index in [0.717, 1.165) is 55.2 Å². The molecule has 5 nitrogen and oxygen atoms in total. The average molecular weight is 530 g/mol. The summed E-state index contributed by atoms with van der Waals surface area (Å²) in [6.07, 6.45) is -0.571. The Morgan fingerprint density at radius 3 is 2.10 bits per heavy atom. The van der Waals surface area contributed by atoms with E-state index in [-0.39, 0.29) is 12.4 Å². The molecule has 8 rings (SSSR count). The number of fused-ring (bicyclic) bond motifs is 5. The van der Waals surface area contributed by atoms with Crippen LogP contribution in [0.2, 0.25) is 0 Å². The first-order valence-corrected chi connectivity index (χ1v) is 13.8. The molecular weight excluding hydrogens is 504 g/mol. The Morgan fingerprint density at radius 2 is 1.32 bits per heavy atom. The van der Waals surface area contributed by atoms with Gasteiger partial charge in [-0.2, -0.15) is 0 Å². The molecule has 6 aromatic carbocycles. The normalized spacial score (nSPS) is 17.7. The minimum Gasteiger partial charge on any atom is -0.464 e. The van der Waals surface area contributed by atoms with Crippen LogP contribution in [0.4, 0.5) is 5.69 Å². The van der Waals surface area contributed by atoms with E-state index in [1.807, 2.05) is 66.7 Å². The largest absolute Gasteiger partial charge is 0.464 e. The van der Waals surface area contributed by atoms with Gasteiger partial charge < -0.3 is 20.4 Å². The molecule has 1 N–H and O–H groups in total. The lowest BCUT2D eigenvalue weighted by Crippen LogP contribution is -2.15. The van der Waals surface area contributed by atoms with Gasteiger partial charge in [0, 0.05) is 10.9 Å². The molecule has 0 amide bonds. The summed E-state index contributed by atoms with van der Waals surface area (Å²) >= 11 is 0. The molecule has 0 saturated carbocycles. The molecule has 2 unspecified atom stereocenters. The van der Waals surface area contributed by atoms with Crippen LogP contribution in [0, 0.1) is 0 Å². The summed E-state index contributed by atoms with van der Waals surface area (Å²) in [5, 5.41) is 13.2. The molecule has 0 aromatic heterocycles. The van der Waals surface area contributed by atoms with E-state index >= 15 is 0 Å². The maximum absolute atomic E-state index is 6.32. The summed E-state index contributed by atoms with van der Waals surface area (Å²) < 4.78 is 6.32. The zero-order valence-corrected chi connectivity index (χ0v) is 22.1. The van der Waals surface area contributed by atoms with Crippen molar-refractivity contribution in [3.63, 3.8) is 0 Å². The van der Waals surface area contributed by atoms with Gasteiger partial charge >= 0.3 is 0 Å². The number of nitrogens with one attached hydrogen (secondary N) is 1. The molecule has 0 saturated heterocycles. The molecule has 41 heavy (non-hydrogen) atoms. The number of benzene rings is 6. The second-order valence-corrected chi connectivity index (χ2v) is 10.3. The maximum Gasteiger partial charge on any atom is 0.196 e. The fourth-order valence-corrected chi connectivity index (χ4v) is 5.64. The van der Waals surface area contributed by atoms with Gasteiger partial charge in [0.25, 0.3) is 0 Å². The Morgan fingerprint density at radius 1 is 0.634 bits per heavy atom. The summed E-state index contributed by atoms with van der Waals surface area (Å²) in [4.78, 5) is 9.85. The second-order valence-electron chi connectivity index (χ2n) is 10.3. The van der Waals surface area contributed by atoms with Gasteiger partial charge in [0.05, 0.1) is 17.7 Å². The van der Waals surface area contributed by atoms with Gasteiger partial charge in [0.1, 0.15) is 5.75 Å². The number of aliphatic imine (C=N–C) groups is 2. The Balaban J connectivity index is 1.21. The Labute approximate surface area is 237 Å². The van der Waals surface area contributed by atoms with Crippen molar-refractivity contribution in [3.05, 3.63) is 161 Å². The van der Waals surface area contributed by atoms with E-state index in [2.05, 4.69) is 72.0 Å². The average Bonchev–Trinajstić information content (AvgIpc) is 3.50. The zero-order valence-electron chi connectivity index (χ0n) is 22.1. The van der Waals surface area contributed by atoms with Gasteiger partial charge in [-0.1, -0.05) is 127 Å². The Kier molecular flexibility index (Phi) is 5.52. The van der Waals surface area contributed by atoms with Crippen LogP contribution in [0.15, 0.2) is 143 Å². The van der Waals surface area contributed by atoms with Crippen LogP contribution in [0.3, 0.4) is 0 Å². The number of amidine groups is 2. The summed E-state index contributed by atoms with van der Waals surface area (Å²) in [5.41, 5.74) is 5.09. The first-order valence-electron chi connectivity index (χ1n) is 13.8. The van der Waals surface area contributed by atoms with Crippen molar-refractivity contribution >= 4 is 38.9 Å². The van der Waals surface area contributed by atoms with Gasteiger partial charge in [0.15, 0.2) is 6.23 Å². The predicted molar refractivity (Wildman–Crippen MR) is 167 cm³/mol. The van der Waals surface area contributed by atoms with Crippen molar-refractivity contribution in [3.8, 4) is 5.75 Å². The summed E-state index contributed by atoms with van der Waals surface area (Å²) in [7, 11) is 0. The van der Waals surface area contributed by atoms with Crippen molar-refractivity contribution in [2.45, 2.75) is 12.4 Å². The standard InChI is InChI=1S/C36H25N4O/c1-4-10-24(11-5-1)33-38-34(25-12-6-2-7-13-25)40-35(39-33)28-18-20-29-27(22-28)17-16-23-19-21-30-32(31(23)29)37-36(41-30)26-14-8-3-9-15-26/h1-22,33,36-37H/q-1. The van der Waals surface area contributed by atoms with E-state index in [1.54, 1.807) is 0 Å². The van der Waals surface area contributed by atoms with E-state index in [4.69, 9.17) is 20.0 Å². The Hall–Kier alpha value is -5.42. The Bertz CT molecular complexity index is 1970. The highest BCUT2D eigenvalue weighted by atomic mass is 16.5. The van der Waals surface area contributed by atoms with Crippen molar-refractivity contribution in [1.82, 2.24) is 0 Å². The van der Waals surface area contributed by atoms with Gasteiger partial charge in [-0.25, -0.2) is 0 Å². The summed E-state index contributed by atoms with van der Waals surface area (Å²) in [5.74, 6) is 2.23. The van der Waals surface area contributed by atoms with Gasteiger partial charge in [0.2, 0.25) is 0 Å². The van der Waals surface area contributed by atoms with Gasteiger partial charge in [-0.3, -0.25) is 4.99 Å². The van der Waals surface area contributed by atoms with E-state index in [0.29, 0.717) is 11.7 Å². The second kappa shape index (κ2) is 9.65. The molecule has 0 bridgehead atoms. The molecule has 2 aliphatic heterocycles.